The predicted molar refractivity (Wildman–Crippen MR) is 43.9 cm³/mol. The van der Waals surface area contributed by atoms with E-state index in [4.69, 9.17) is 5.73 Å². The molecule has 0 aromatic heterocycles. The quantitative estimate of drug-likeness (QED) is 0.457. The van der Waals surface area contributed by atoms with Gasteiger partial charge in [-0.25, -0.2) is 0 Å². The SMILES string of the molecule is N[C]1N=[N+]([O-])c2ccccc2N1O. The lowest BCUT2D eigenvalue weighted by Crippen LogP contribution is -2.34. The molecule has 1 aromatic rings. The Bertz CT molecular complexity index is 365. The van der Waals surface area contributed by atoms with Crippen molar-refractivity contribution in [3.05, 3.63) is 35.8 Å². The highest BCUT2D eigenvalue weighted by Crippen LogP contribution is 2.32. The Morgan fingerprint density at radius 2 is 2.15 bits per heavy atom. The second-order valence-corrected chi connectivity index (χ2v) is 2.53. The number of azo groups is 1. The number of nitrogens with zero attached hydrogens (tertiary/aromatic N) is 3. The van der Waals surface area contributed by atoms with Crippen LogP contribution in [0.2, 0.25) is 0 Å². The molecule has 6 heteroatoms. The highest BCUT2D eigenvalue weighted by molar-refractivity contribution is 5.63. The maximum Gasteiger partial charge on any atom is 0.337 e. The summed E-state index contributed by atoms with van der Waals surface area (Å²) in [6, 6.07) is 6.48. The Labute approximate surface area is 74.0 Å². The third kappa shape index (κ3) is 1.12. The molecule has 3 N–H and O–H groups in total. The van der Waals surface area contributed by atoms with Gasteiger partial charge >= 0.3 is 6.29 Å². The van der Waals surface area contributed by atoms with E-state index in [1.807, 2.05) is 0 Å². The number of nitrogens with two attached hydrogens (primary N) is 1. The molecule has 0 aliphatic carbocycles. The molecule has 6 nitrogen and oxygen atoms in total. The number of hydrogen-bond donors (Lipinski definition) is 2. The molecule has 0 atom stereocenters. The van der Waals surface area contributed by atoms with Gasteiger partial charge in [0.05, 0.1) is 0 Å². The minimum absolute atomic E-state index is 0.242. The zero-order valence-electron chi connectivity index (χ0n) is 6.58. The average Bonchev–Trinajstić information content (AvgIpc) is 2.15. The maximum atomic E-state index is 11.2. The van der Waals surface area contributed by atoms with Crippen LogP contribution in [0.25, 0.3) is 0 Å². The Balaban J connectivity index is 2.58. The van der Waals surface area contributed by atoms with Gasteiger partial charge in [0.15, 0.2) is 0 Å². The largest absolute Gasteiger partial charge is 0.594 e. The van der Waals surface area contributed by atoms with E-state index in [1.165, 1.54) is 0 Å². The monoisotopic (exact) mass is 179 g/mol. The zero-order chi connectivity index (χ0) is 9.42. The van der Waals surface area contributed by atoms with Crippen LogP contribution in [-0.4, -0.2) is 10.1 Å². The summed E-state index contributed by atoms with van der Waals surface area (Å²) in [6.07, 6.45) is -0.242. The van der Waals surface area contributed by atoms with Crippen molar-refractivity contribution in [3.63, 3.8) is 0 Å². The van der Waals surface area contributed by atoms with E-state index in [1.54, 1.807) is 24.3 Å². The molecule has 2 rings (SSSR count). The van der Waals surface area contributed by atoms with Gasteiger partial charge in [-0.3, -0.25) is 10.9 Å². The van der Waals surface area contributed by atoms with Crippen LogP contribution in [0.15, 0.2) is 29.4 Å². The maximum absolute atomic E-state index is 11.2. The molecule has 67 valence electrons. The summed E-state index contributed by atoms with van der Waals surface area (Å²) in [5.74, 6) is 0. The van der Waals surface area contributed by atoms with Gasteiger partial charge in [-0.2, -0.15) is 5.06 Å². The van der Waals surface area contributed by atoms with Crippen molar-refractivity contribution < 1.29 is 10.1 Å². The molecule has 1 aliphatic rings. The topological polar surface area (TPSA) is 87.9 Å². The molecular formula is C7H7N4O2. The number of hydroxylamine groups is 1. The van der Waals surface area contributed by atoms with Gasteiger partial charge < -0.3 is 5.21 Å². The van der Waals surface area contributed by atoms with Crippen molar-refractivity contribution in [2.24, 2.45) is 10.8 Å². The fourth-order valence-electron chi connectivity index (χ4n) is 1.12. The Morgan fingerprint density at radius 3 is 2.92 bits per heavy atom. The molecule has 1 aliphatic heterocycles. The molecule has 1 heterocycles. The highest BCUT2D eigenvalue weighted by atomic mass is 16.5. The number of fused-ring (bicyclic) bond motifs is 1. The molecular weight excluding hydrogens is 172 g/mol. The van der Waals surface area contributed by atoms with Crippen molar-refractivity contribution in [2.75, 3.05) is 5.06 Å². The predicted octanol–water partition coefficient (Wildman–Crippen LogP) is 0.895. The Kier molecular flexibility index (Phi) is 1.64. The van der Waals surface area contributed by atoms with E-state index in [-0.39, 0.29) is 12.0 Å². The fraction of sp³-hybridized carbons (Fsp3) is 0. The first kappa shape index (κ1) is 7.96. The standard InChI is InChI=1S/C7H7N4O2/c8-7-9-11(13)6-4-2-1-3-5(6)10(7)12/h1-4,12H,8H2. The van der Waals surface area contributed by atoms with Crippen LogP contribution >= 0.6 is 0 Å². The van der Waals surface area contributed by atoms with Crippen LogP contribution in [0, 0.1) is 11.5 Å². The lowest BCUT2D eigenvalue weighted by molar-refractivity contribution is -0.444. The van der Waals surface area contributed by atoms with Crippen LogP contribution in [0.1, 0.15) is 0 Å². The first-order valence-corrected chi connectivity index (χ1v) is 3.59. The lowest BCUT2D eigenvalue weighted by atomic mass is 10.2. The number of para-hydroxylation sites is 2. The number of rotatable bonds is 0. The minimum Gasteiger partial charge on any atom is -0.594 e. The second-order valence-electron chi connectivity index (χ2n) is 2.53. The summed E-state index contributed by atoms with van der Waals surface area (Å²) in [6.45, 7) is 0. The van der Waals surface area contributed by atoms with Crippen LogP contribution in [0.3, 0.4) is 0 Å². The van der Waals surface area contributed by atoms with E-state index in [2.05, 4.69) is 5.11 Å². The summed E-state index contributed by atoms with van der Waals surface area (Å²) >= 11 is 0. The lowest BCUT2D eigenvalue weighted by Gasteiger charge is -2.22. The number of hydrogen-bond acceptors (Lipinski definition) is 5. The third-order valence-electron chi connectivity index (χ3n) is 1.73. The molecule has 0 amide bonds. The van der Waals surface area contributed by atoms with Gasteiger partial charge in [0.25, 0.3) is 5.69 Å². The first-order chi connectivity index (χ1) is 6.20. The van der Waals surface area contributed by atoms with E-state index in [0.29, 0.717) is 15.6 Å². The number of benzene rings is 1. The van der Waals surface area contributed by atoms with E-state index in [9.17, 15) is 10.4 Å². The zero-order valence-corrected chi connectivity index (χ0v) is 6.58. The fourth-order valence-corrected chi connectivity index (χ4v) is 1.12. The number of anilines is 1. The average molecular weight is 179 g/mol. The first-order valence-electron chi connectivity index (χ1n) is 3.59. The molecule has 0 saturated heterocycles. The second kappa shape index (κ2) is 2.68. The molecule has 0 saturated carbocycles. The van der Waals surface area contributed by atoms with Gasteiger partial charge in [0, 0.05) is 11.2 Å². The van der Waals surface area contributed by atoms with Crippen molar-refractivity contribution in [2.45, 2.75) is 0 Å². The molecule has 1 radical (unpaired) electrons. The Morgan fingerprint density at radius 1 is 1.46 bits per heavy atom. The van der Waals surface area contributed by atoms with Crippen molar-refractivity contribution >= 4 is 11.4 Å². The summed E-state index contributed by atoms with van der Waals surface area (Å²) in [5, 5.41) is 24.5. The van der Waals surface area contributed by atoms with Crippen LogP contribution in [-0.2, 0) is 0 Å². The molecule has 0 fully saturated rings. The summed E-state index contributed by atoms with van der Waals surface area (Å²) in [4.78, 5) is 0.372. The van der Waals surface area contributed by atoms with Crippen LogP contribution in [0.4, 0.5) is 11.4 Å². The van der Waals surface area contributed by atoms with Crippen molar-refractivity contribution in [1.29, 1.82) is 0 Å². The summed E-state index contributed by atoms with van der Waals surface area (Å²) in [7, 11) is 0. The van der Waals surface area contributed by atoms with Gasteiger partial charge in [-0.05, 0) is 10.9 Å². The van der Waals surface area contributed by atoms with E-state index in [0.717, 1.165) is 0 Å². The van der Waals surface area contributed by atoms with Crippen LogP contribution in [0.5, 0.6) is 0 Å². The van der Waals surface area contributed by atoms with Crippen molar-refractivity contribution in [1.82, 2.24) is 0 Å². The summed E-state index contributed by atoms with van der Waals surface area (Å²) in [5.41, 5.74) is 5.85. The molecule has 13 heavy (non-hydrogen) atoms. The normalized spacial score (nSPS) is 16.8. The molecule has 0 unspecified atom stereocenters. The third-order valence-corrected chi connectivity index (χ3v) is 1.73. The highest BCUT2D eigenvalue weighted by Gasteiger charge is 2.29. The molecule has 0 spiro atoms. The Hall–Kier alpha value is -1.66. The van der Waals surface area contributed by atoms with Crippen LogP contribution < -0.4 is 10.8 Å². The molecule has 1 aromatic carbocycles. The van der Waals surface area contributed by atoms with Gasteiger partial charge in [0.2, 0.25) is 0 Å². The van der Waals surface area contributed by atoms with Gasteiger partial charge in [0.1, 0.15) is 5.69 Å². The van der Waals surface area contributed by atoms with Gasteiger partial charge in [-0.15, -0.1) is 0 Å². The molecule has 0 bridgehead atoms. The minimum atomic E-state index is -0.242. The van der Waals surface area contributed by atoms with E-state index < -0.39 is 0 Å². The van der Waals surface area contributed by atoms with Gasteiger partial charge in [-0.1, -0.05) is 12.1 Å². The smallest absolute Gasteiger partial charge is 0.337 e. The van der Waals surface area contributed by atoms with Crippen molar-refractivity contribution in [3.8, 4) is 0 Å². The summed E-state index contributed by atoms with van der Waals surface area (Å²) < 4.78 is 0. The van der Waals surface area contributed by atoms with E-state index >= 15 is 0 Å².